The lowest BCUT2D eigenvalue weighted by molar-refractivity contribution is -0.121. The van der Waals surface area contributed by atoms with Crippen molar-refractivity contribution in [3.05, 3.63) is 46.0 Å². The molecule has 0 fully saturated rings. The summed E-state index contributed by atoms with van der Waals surface area (Å²) in [6.45, 7) is 0.892. The summed E-state index contributed by atoms with van der Waals surface area (Å²) in [4.78, 5) is 13.7. The van der Waals surface area contributed by atoms with Gasteiger partial charge in [-0.05, 0) is 24.3 Å². The minimum atomic E-state index is 0.0180. The number of furan rings is 1. The molecular formula is C15H16N2O2S. The van der Waals surface area contributed by atoms with Gasteiger partial charge in [0.15, 0.2) is 0 Å². The van der Waals surface area contributed by atoms with Gasteiger partial charge in [0, 0.05) is 17.7 Å². The van der Waals surface area contributed by atoms with Gasteiger partial charge in [0.1, 0.15) is 5.76 Å². The highest BCUT2D eigenvalue weighted by molar-refractivity contribution is 7.12. The second-order valence-electron chi connectivity index (χ2n) is 4.13. The Bertz CT molecular complexity index is 605. The van der Waals surface area contributed by atoms with E-state index in [0.29, 0.717) is 25.9 Å². The van der Waals surface area contributed by atoms with Crippen molar-refractivity contribution in [2.24, 2.45) is 5.73 Å². The molecular weight excluding hydrogens is 272 g/mol. The molecule has 4 nitrogen and oxygen atoms in total. The Morgan fingerprint density at radius 1 is 1.40 bits per heavy atom. The van der Waals surface area contributed by atoms with Gasteiger partial charge in [0.25, 0.3) is 0 Å². The maximum atomic E-state index is 11.7. The fourth-order valence-electron chi connectivity index (χ4n) is 1.64. The molecule has 0 bridgehead atoms. The zero-order valence-corrected chi connectivity index (χ0v) is 11.8. The molecule has 0 aromatic carbocycles. The van der Waals surface area contributed by atoms with Crippen LogP contribution in [0.5, 0.6) is 0 Å². The van der Waals surface area contributed by atoms with Crippen LogP contribution in [0.1, 0.15) is 21.9 Å². The second kappa shape index (κ2) is 7.53. The molecule has 0 radical (unpaired) electrons. The first-order valence-electron chi connectivity index (χ1n) is 6.34. The third-order valence-electron chi connectivity index (χ3n) is 2.61. The van der Waals surface area contributed by atoms with Crippen LogP contribution in [0.2, 0.25) is 0 Å². The summed E-state index contributed by atoms with van der Waals surface area (Å²) >= 11 is 1.57. The predicted molar refractivity (Wildman–Crippen MR) is 79.1 cm³/mol. The fraction of sp³-hybridized carbons (Fsp3) is 0.267. The third-order valence-corrected chi connectivity index (χ3v) is 3.61. The number of hydrogen-bond acceptors (Lipinski definition) is 4. The summed E-state index contributed by atoms with van der Waals surface area (Å²) < 4.78 is 5.18. The van der Waals surface area contributed by atoms with Crippen molar-refractivity contribution in [1.29, 1.82) is 0 Å². The number of thiophene rings is 1. The molecule has 2 rings (SSSR count). The molecule has 2 aromatic rings. The van der Waals surface area contributed by atoms with E-state index in [4.69, 9.17) is 10.2 Å². The standard InChI is InChI=1S/C15H16N2O2S/c16-9-1-4-13-6-7-14(20-13)11-17-15(18)8-5-12-3-2-10-19-12/h2-3,6-7,10H,5,8-9,11,16H2,(H,17,18). The molecule has 3 N–H and O–H groups in total. The summed E-state index contributed by atoms with van der Waals surface area (Å²) in [7, 11) is 0. The molecule has 0 aliphatic carbocycles. The van der Waals surface area contributed by atoms with Crippen LogP contribution >= 0.6 is 11.3 Å². The van der Waals surface area contributed by atoms with E-state index in [9.17, 15) is 4.79 Å². The van der Waals surface area contributed by atoms with Crippen LogP contribution in [0, 0.1) is 11.8 Å². The van der Waals surface area contributed by atoms with E-state index >= 15 is 0 Å². The minimum absolute atomic E-state index is 0.0180. The Morgan fingerprint density at radius 2 is 2.30 bits per heavy atom. The molecule has 0 spiro atoms. The largest absolute Gasteiger partial charge is 0.469 e. The van der Waals surface area contributed by atoms with Gasteiger partial charge in [-0.1, -0.05) is 11.8 Å². The lowest BCUT2D eigenvalue weighted by Gasteiger charge is -2.02. The van der Waals surface area contributed by atoms with Crippen molar-refractivity contribution in [2.75, 3.05) is 6.54 Å². The van der Waals surface area contributed by atoms with Gasteiger partial charge in [-0.15, -0.1) is 11.3 Å². The van der Waals surface area contributed by atoms with Gasteiger partial charge in [-0.2, -0.15) is 0 Å². The van der Waals surface area contributed by atoms with E-state index in [1.54, 1.807) is 17.6 Å². The molecule has 0 atom stereocenters. The summed E-state index contributed by atoms with van der Waals surface area (Å²) in [6.07, 6.45) is 2.66. The van der Waals surface area contributed by atoms with E-state index in [-0.39, 0.29) is 5.91 Å². The number of aryl methyl sites for hydroxylation is 1. The van der Waals surface area contributed by atoms with Crippen LogP contribution in [-0.2, 0) is 17.8 Å². The lowest BCUT2D eigenvalue weighted by Crippen LogP contribution is -2.22. The molecule has 2 heterocycles. The number of rotatable bonds is 5. The van der Waals surface area contributed by atoms with Crippen molar-refractivity contribution in [3.8, 4) is 11.8 Å². The van der Waals surface area contributed by atoms with Gasteiger partial charge in [0.2, 0.25) is 5.91 Å². The van der Waals surface area contributed by atoms with E-state index in [1.165, 1.54) is 0 Å². The molecule has 2 aromatic heterocycles. The Balaban J connectivity index is 1.74. The number of nitrogens with one attached hydrogen (secondary N) is 1. The number of hydrogen-bond donors (Lipinski definition) is 2. The Kier molecular flexibility index (Phi) is 5.42. The maximum absolute atomic E-state index is 11.7. The van der Waals surface area contributed by atoms with Gasteiger partial charge in [-0.3, -0.25) is 4.79 Å². The topological polar surface area (TPSA) is 68.3 Å². The molecule has 0 saturated heterocycles. The van der Waals surface area contributed by atoms with Crippen LogP contribution in [0.3, 0.4) is 0 Å². The quantitative estimate of drug-likeness (QED) is 0.826. The van der Waals surface area contributed by atoms with Crippen molar-refractivity contribution in [2.45, 2.75) is 19.4 Å². The zero-order chi connectivity index (χ0) is 14.2. The van der Waals surface area contributed by atoms with E-state index in [2.05, 4.69) is 17.2 Å². The number of amides is 1. The average molecular weight is 288 g/mol. The lowest BCUT2D eigenvalue weighted by atomic mass is 10.2. The third kappa shape index (κ3) is 4.57. The van der Waals surface area contributed by atoms with Crippen molar-refractivity contribution >= 4 is 17.2 Å². The Hall–Kier alpha value is -2.03. The molecule has 0 unspecified atom stereocenters. The molecule has 104 valence electrons. The highest BCUT2D eigenvalue weighted by Gasteiger charge is 2.05. The number of carbonyl (C=O) groups excluding carboxylic acids is 1. The fourth-order valence-corrected chi connectivity index (χ4v) is 2.47. The molecule has 1 amide bonds. The maximum Gasteiger partial charge on any atom is 0.220 e. The zero-order valence-electron chi connectivity index (χ0n) is 11.0. The van der Waals surface area contributed by atoms with Crippen LogP contribution in [0.15, 0.2) is 34.9 Å². The molecule has 5 heteroatoms. The molecule has 0 aliphatic rings. The van der Waals surface area contributed by atoms with Gasteiger partial charge in [0.05, 0.1) is 24.2 Å². The van der Waals surface area contributed by atoms with Crippen LogP contribution < -0.4 is 11.1 Å². The Morgan fingerprint density at radius 3 is 3.05 bits per heavy atom. The van der Waals surface area contributed by atoms with Gasteiger partial charge in [-0.25, -0.2) is 0 Å². The van der Waals surface area contributed by atoms with Gasteiger partial charge >= 0.3 is 0 Å². The minimum Gasteiger partial charge on any atom is -0.469 e. The first kappa shape index (κ1) is 14.4. The first-order valence-corrected chi connectivity index (χ1v) is 7.16. The van der Waals surface area contributed by atoms with Crippen molar-refractivity contribution < 1.29 is 9.21 Å². The summed E-state index contributed by atoms with van der Waals surface area (Å²) in [5.74, 6) is 6.63. The van der Waals surface area contributed by atoms with Crippen molar-refractivity contribution in [3.63, 3.8) is 0 Å². The SMILES string of the molecule is NCC#Cc1ccc(CNC(=O)CCc2ccco2)s1. The molecule has 0 aliphatic heterocycles. The summed E-state index contributed by atoms with van der Waals surface area (Å²) in [5, 5.41) is 2.89. The molecule has 0 saturated carbocycles. The smallest absolute Gasteiger partial charge is 0.220 e. The van der Waals surface area contributed by atoms with Crippen LogP contribution in [0.4, 0.5) is 0 Å². The normalized spacial score (nSPS) is 9.85. The second-order valence-corrected chi connectivity index (χ2v) is 5.30. The number of carbonyl (C=O) groups is 1. The summed E-state index contributed by atoms with van der Waals surface area (Å²) in [5.41, 5.74) is 5.32. The van der Waals surface area contributed by atoms with E-state index < -0.39 is 0 Å². The number of nitrogens with two attached hydrogens (primary N) is 1. The summed E-state index contributed by atoms with van der Waals surface area (Å²) in [6, 6.07) is 7.60. The predicted octanol–water partition coefficient (Wildman–Crippen LogP) is 1.90. The van der Waals surface area contributed by atoms with Gasteiger partial charge < -0.3 is 15.5 Å². The van der Waals surface area contributed by atoms with Crippen LogP contribution in [0.25, 0.3) is 0 Å². The van der Waals surface area contributed by atoms with E-state index in [0.717, 1.165) is 15.5 Å². The highest BCUT2D eigenvalue weighted by atomic mass is 32.1. The average Bonchev–Trinajstić information content (AvgIpc) is 3.12. The highest BCUT2D eigenvalue weighted by Crippen LogP contribution is 2.15. The monoisotopic (exact) mass is 288 g/mol. The first-order chi connectivity index (χ1) is 9.78. The van der Waals surface area contributed by atoms with E-state index in [1.807, 2.05) is 24.3 Å². The Labute approximate surface area is 122 Å². The molecule has 20 heavy (non-hydrogen) atoms. The van der Waals surface area contributed by atoms with Crippen molar-refractivity contribution in [1.82, 2.24) is 5.32 Å². The van der Waals surface area contributed by atoms with Crippen LogP contribution in [-0.4, -0.2) is 12.5 Å².